The second-order valence-corrected chi connectivity index (χ2v) is 8.54. The van der Waals surface area contributed by atoms with Gasteiger partial charge in [0.1, 0.15) is 23.9 Å². The molecule has 0 spiro atoms. The largest absolute Gasteiger partial charge is 0.497 e. The van der Waals surface area contributed by atoms with Crippen LogP contribution >= 0.6 is 0 Å². The Morgan fingerprint density at radius 1 is 1.06 bits per heavy atom. The van der Waals surface area contributed by atoms with Gasteiger partial charge in [0, 0.05) is 35.3 Å². The van der Waals surface area contributed by atoms with Crippen molar-refractivity contribution in [1.29, 1.82) is 0 Å². The van der Waals surface area contributed by atoms with Crippen molar-refractivity contribution in [3.8, 4) is 17.2 Å². The van der Waals surface area contributed by atoms with Gasteiger partial charge in [-0.15, -0.1) is 0 Å². The van der Waals surface area contributed by atoms with Crippen molar-refractivity contribution in [3.63, 3.8) is 0 Å². The summed E-state index contributed by atoms with van der Waals surface area (Å²) in [5, 5.41) is 1.01. The van der Waals surface area contributed by atoms with Crippen LogP contribution in [0.2, 0.25) is 0 Å². The molecule has 0 saturated heterocycles. The van der Waals surface area contributed by atoms with E-state index < -0.39 is 0 Å². The van der Waals surface area contributed by atoms with Gasteiger partial charge < -0.3 is 18.8 Å². The van der Waals surface area contributed by atoms with E-state index in [2.05, 4.69) is 18.1 Å². The molecule has 3 aromatic carbocycles. The van der Waals surface area contributed by atoms with Crippen LogP contribution in [0.1, 0.15) is 39.5 Å². The number of carbonyl (C=O) groups is 1. The van der Waals surface area contributed by atoms with Gasteiger partial charge in [0.05, 0.1) is 12.7 Å². The van der Waals surface area contributed by atoms with Crippen molar-refractivity contribution >= 4 is 28.8 Å². The standard InChI is InChI=1S/C30H27NO4/c1-5-20-7-9-21(10-8-20)18-34-24-13-19(3)29-27(16-24)35-28(30(29)32)14-22-17-31(6-2)26-12-11-23(33-4)15-25(22)26/h5,7-17H,1,6,18H2,2-4H3/b28-14-. The van der Waals surface area contributed by atoms with Crippen LogP contribution < -0.4 is 14.2 Å². The molecular weight excluding hydrogens is 438 g/mol. The van der Waals surface area contributed by atoms with Gasteiger partial charge in [0.2, 0.25) is 5.78 Å². The van der Waals surface area contributed by atoms with Gasteiger partial charge in [-0.05, 0) is 60.9 Å². The number of fused-ring (bicyclic) bond motifs is 2. The van der Waals surface area contributed by atoms with Gasteiger partial charge in [-0.3, -0.25) is 4.79 Å². The average Bonchev–Trinajstić information content (AvgIpc) is 3.39. The number of benzene rings is 3. The minimum atomic E-state index is -0.121. The van der Waals surface area contributed by atoms with Gasteiger partial charge in [-0.1, -0.05) is 36.9 Å². The molecule has 35 heavy (non-hydrogen) atoms. The summed E-state index contributed by atoms with van der Waals surface area (Å²) in [4.78, 5) is 13.2. The molecule has 5 nitrogen and oxygen atoms in total. The monoisotopic (exact) mass is 465 g/mol. The number of nitrogens with zero attached hydrogens (tertiary/aromatic N) is 1. The third kappa shape index (κ3) is 4.21. The molecule has 5 rings (SSSR count). The van der Waals surface area contributed by atoms with Crippen molar-refractivity contribution in [2.75, 3.05) is 7.11 Å². The molecule has 2 heterocycles. The van der Waals surface area contributed by atoms with E-state index in [1.807, 2.05) is 73.8 Å². The summed E-state index contributed by atoms with van der Waals surface area (Å²) < 4.78 is 19.6. The fraction of sp³-hybridized carbons (Fsp3) is 0.167. The molecule has 0 saturated carbocycles. The van der Waals surface area contributed by atoms with Crippen molar-refractivity contribution in [1.82, 2.24) is 4.57 Å². The minimum Gasteiger partial charge on any atom is -0.497 e. The molecule has 5 heteroatoms. The summed E-state index contributed by atoms with van der Waals surface area (Å²) in [6, 6.07) is 17.7. The maximum atomic E-state index is 13.2. The number of Topliss-reactive ketones (excluding diaryl/α,β-unsaturated/α-hetero) is 1. The van der Waals surface area contributed by atoms with E-state index in [9.17, 15) is 4.79 Å². The Balaban J connectivity index is 1.43. The molecule has 0 fully saturated rings. The topological polar surface area (TPSA) is 49.7 Å². The molecule has 0 bridgehead atoms. The lowest BCUT2D eigenvalue weighted by molar-refractivity contribution is 0.101. The number of methoxy groups -OCH3 is 1. The molecule has 0 atom stereocenters. The Bertz CT molecular complexity index is 1470. The molecule has 1 aliphatic rings. The third-order valence-electron chi connectivity index (χ3n) is 6.31. The van der Waals surface area contributed by atoms with Crippen molar-refractivity contribution in [3.05, 3.63) is 101 Å². The van der Waals surface area contributed by atoms with E-state index in [-0.39, 0.29) is 5.78 Å². The summed E-state index contributed by atoms with van der Waals surface area (Å²) in [6.07, 6.45) is 5.66. The highest BCUT2D eigenvalue weighted by molar-refractivity contribution is 6.16. The van der Waals surface area contributed by atoms with Crippen LogP contribution in [0.15, 0.2) is 73.1 Å². The van der Waals surface area contributed by atoms with E-state index >= 15 is 0 Å². The quantitative estimate of drug-likeness (QED) is 0.281. The maximum Gasteiger partial charge on any atom is 0.232 e. The number of hydrogen-bond donors (Lipinski definition) is 0. The van der Waals surface area contributed by atoms with Gasteiger partial charge in [-0.2, -0.15) is 0 Å². The van der Waals surface area contributed by atoms with Crippen molar-refractivity contribution in [2.45, 2.75) is 27.0 Å². The predicted octanol–water partition coefficient (Wildman–Crippen LogP) is 6.82. The van der Waals surface area contributed by atoms with E-state index in [0.29, 0.717) is 29.4 Å². The molecule has 4 aromatic rings. The van der Waals surface area contributed by atoms with Gasteiger partial charge in [-0.25, -0.2) is 0 Å². The summed E-state index contributed by atoms with van der Waals surface area (Å²) in [5.74, 6) is 2.14. The lowest BCUT2D eigenvalue weighted by atomic mass is 10.0. The Kier molecular flexibility index (Phi) is 5.91. The van der Waals surface area contributed by atoms with Crippen LogP contribution in [0.3, 0.4) is 0 Å². The minimum absolute atomic E-state index is 0.121. The normalized spacial score (nSPS) is 13.7. The SMILES string of the molecule is C=Cc1ccc(COc2cc(C)c3c(c2)O/C(=C\c2cn(CC)c4ccc(OC)cc24)C3=O)cc1. The molecule has 0 N–H and O–H groups in total. The zero-order valence-corrected chi connectivity index (χ0v) is 20.1. The summed E-state index contributed by atoms with van der Waals surface area (Å²) in [6.45, 7) is 9.01. The molecule has 0 unspecified atom stereocenters. The number of hydrogen-bond acceptors (Lipinski definition) is 4. The first kappa shape index (κ1) is 22.5. The predicted molar refractivity (Wildman–Crippen MR) is 139 cm³/mol. The number of aromatic nitrogens is 1. The van der Waals surface area contributed by atoms with E-state index in [0.717, 1.165) is 45.5 Å². The molecular formula is C30H27NO4. The Hall–Kier alpha value is -4.25. The number of allylic oxidation sites excluding steroid dienone is 1. The second kappa shape index (κ2) is 9.18. The Labute approximate surface area is 204 Å². The molecule has 1 aromatic heterocycles. The van der Waals surface area contributed by atoms with E-state index in [1.165, 1.54) is 0 Å². The molecule has 1 aliphatic heterocycles. The molecule has 0 aliphatic carbocycles. The first-order valence-electron chi connectivity index (χ1n) is 11.6. The van der Waals surface area contributed by atoms with E-state index in [4.69, 9.17) is 14.2 Å². The molecule has 0 amide bonds. The number of carbonyl (C=O) groups excluding carboxylic acids is 1. The highest BCUT2D eigenvalue weighted by Gasteiger charge is 2.30. The van der Waals surface area contributed by atoms with Crippen molar-refractivity contribution < 1.29 is 19.0 Å². The highest BCUT2D eigenvalue weighted by atomic mass is 16.5. The smallest absolute Gasteiger partial charge is 0.232 e. The molecule has 176 valence electrons. The third-order valence-corrected chi connectivity index (χ3v) is 6.31. The Morgan fingerprint density at radius 2 is 1.86 bits per heavy atom. The van der Waals surface area contributed by atoms with Crippen LogP contribution in [0, 0.1) is 6.92 Å². The van der Waals surface area contributed by atoms with Gasteiger partial charge >= 0.3 is 0 Å². The summed E-state index contributed by atoms with van der Waals surface area (Å²) in [7, 11) is 1.65. The van der Waals surface area contributed by atoms with Crippen molar-refractivity contribution in [2.24, 2.45) is 0 Å². The average molecular weight is 466 g/mol. The fourth-order valence-electron chi connectivity index (χ4n) is 4.43. The Morgan fingerprint density at radius 3 is 2.57 bits per heavy atom. The van der Waals surface area contributed by atoms with Gasteiger partial charge in [0.25, 0.3) is 0 Å². The molecule has 0 radical (unpaired) electrons. The summed E-state index contributed by atoms with van der Waals surface area (Å²) in [5.41, 5.74) is 5.51. The number of ketones is 1. The fourth-order valence-corrected chi connectivity index (χ4v) is 4.43. The second-order valence-electron chi connectivity index (χ2n) is 8.54. The summed E-state index contributed by atoms with van der Waals surface area (Å²) >= 11 is 0. The van der Waals surface area contributed by atoms with Crippen LogP contribution in [0.4, 0.5) is 0 Å². The zero-order valence-electron chi connectivity index (χ0n) is 20.1. The lowest BCUT2D eigenvalue weighted by Gasteiger charge is -2.09. The van der Waals surface area contributed by atoms with Crippen LogP contribution in [-0.4, -0.2) is 17.5 Å². The lowest BCUT2D eigenvalue weighted by Crippen LogP contribution is -2.00. The van der Waals surface area contributed by atoms with Gasteiger partial charge in [0.15, 0.2) is 5.76 Å². The first-order chi connectivity index (χ1) is 17.0. The maximum absolute atomic E-state index is 13.2. The zero-order chi connectivity index (χ0) is 24.5. The number of aryl methyl sites for hydroxylation is 2. The first-order valence-corrected chi connectivity index (χ1v) is 11.6. The van der Waals surface area contributed by atoms with E-state index in [1.54, 1.807) is 13.2 Å². The highest BCUT2D eigenvalue weighted by Crippen LogP contribution is 2.38. The number of ether oxygens (including phenoxy) is 3. The van der Waals surface area contributed by atoms with Crippen LogP contribution in [0.5, 0.6) is 17.2 Å². The van der Waals surface area contributed by atoms with Crippen LogP contribution in [0.25, 0.3) is 23.1 Å². The van der Waals surface area contributed by atoms with Crippen LogP contribution in [-0.2, 0) is 13.2 Å². The number of rotatable bonds is 7.